The van der Waals surface area contributed by atoms with Crippen LogP contribution in [-0.2, 0) is 0 Å². The molecule has 0 bridgehead atoms. The maximum absolute atomic E-state index is 13.8. The lowest BCUT2D eigenvalue weighted by atomic mass is 10.0. The van der Waals surface area contributed by atoms with Crippen LogP contribution in [-0.4, -0.2) is 17.6 Å². The molecule has 0 saturated carbocycles. The average molecular weight is 259 g/mol. The maximum Gasteiger partial charge on any atom is 0.251 e. The van der Waals surface area contributed by atoms with Gasteiger partial charge < -0.3 is 10.4 Å². The Morgan fingerprint density at radius 1 is 1.26 bits per heavy atom. The average Bonchev–Trinajstić information content (AvgIpc) is 2.39. The molecule has 0 aliphatic rings. The van der Waals surface area contributed by atoms with Crippen molar-refractivity contribution in [2.24, 2.45) is 0 Å². The van der Waals surface area contributed by atoms with E-state index >= 15 is 0 Å². The molecule has 0 atom stereocenters. The first-order valence-corrected chi connectivity index (χ1v) is 5.99. The van der Waals surface area contributed by atoms with E-state index in [0.717, 1.165) is 6.07 Å². The van der Waals surface area contributed by atoms with Crippen molar-refractivity contribution in [3.63, 3.8) is 0 Å². The van der Waals surface area contributed by atoms with Gasteiger partial charge in [0.15, 0.2) is 0 Å². The molecular weight excluding hydrogens is 245 g/mol. The molecule has 3 nitrogen and oxygen atoms in total. The highest BCUT2D eigenvalue weighted by Crippen LogP contribution is 2.26. The Labute approximate surface area is 110 Å². The van der Waals surface area contributed by atoms with Crippen LogP contribution in [0.2, 0.25) is 0 Å². The molecule has 0 spiro atoms. The lowest BCUT2D eigenvalue weighted by Gasteiger charge is -2.07. The van der Waals surface area contributed by atoms with E-state index in [1.165, 1.54) is 12.1 Å². The SMILES string of the molecule is CCNC(=O)c1cccc(-c2ccc(O)cc2F)c1. The summed E-state index contributed by atoms with van der Waals surface area (Å²) in [6.07, 6.45) is 0. The van der Waals surface area contributed by atoms with E-state index in [9.17, 15) is 14.3 Å². The minimum atomic E-state index is -0.520. The normalized spacial score (nSPS) is 10.2. The molecule has 2 aromatic rings. The van der Waals surface area contributed by atoms with Crippen molar-refractivity contribution in [2.75, 3.05) is 6.54 Å². The van der Waals surface area contributed by atoms with Crippen molar-refractivity contribution in [2.45, 2.75) is 6.92 Å². The van der Waals surface area contributed by atoms with Gasteiger partial charge in [-0.15, -0.1) is 0 Å². The number of hydrogen-bond acceptors (Lipinski definition) is 2. The number of benzene rings is 2. The molecule has 0 radical (unpaired) electrons. The van der Waals surface area contributed by atoms with E-state index in [1.54, 1.807) is 24.3 Å². The third-order valence-corrected chi connectivity index (χ3v) is 2.73. The number of hydrogen-bond donors (Lipinski definition) is 2. The topological polar surface area (TPSA) is 49.3 Å². The molecule has 0 aliphatic heterocycles. The summed E-state index contributed by atoms with van der Waals surface area (Å²) in [6.45, 7) is 2.37. The van der Waals surface area contributed by atoms with Gasteiger partial charge in [-0.25, -0.2) is 4.39 Å². The lowest BCUT2D eigenvalue weighted by molar-refractivity contribution is 0.0956. The molecule has 0 unspecified atom stereocenters. The molecule has 2 N–H and O–H groups in total. The number of phenolic OH excluding ortho intramolecular Hbond substituents is 1. The number of phenols is 1. The summed E-state index contributed by atoms with van der Waals surface area (Å²) in [7, 11) is 0. The second kappa shape index (κ2) is 5.52. The quantitative estimate of drug-likeness (QED) is 0.890. The first-order valence-electron chi connectivity index (χ1n) is 5.99. The summed E-state index contributed by atoms with van der Waals surface area (Å²) in [5, 5.41) is 11.9. The summed E-state index contributed by atoms with van der Waals surface area (Å²) < 4.78 is 13.8. The summed E-state index contributed by atoms with van der Waals surface area (Å²) in [5.74, 6) is -0.835. The Bertz CT molecular complexity index is 611. The minimum Gasteiger partial charge on any atom is -0.508 e. The number of nitrogens with one attached hydrogen (secondary N) is 1. The molecule has 0 aliphatic carbocycles. The summed E-state index contributed by atoms with van der Waals surface area (Å²) in [6, 6.07) is 10.7. The van der Waals surface area contributed by atoms with Crippen LogP contribution in [0.1, 0.15) is 17.3 Å². The van der Waals surface area contributed by atoms with E-state index in [1.807, 2.05) is 6.92 Å². The predicted molar refractivity (Wildman–Crippen MR) is 71.5 cm³/mol. The monoisotopic (exact) mass is 259 g/mol. The van der Waals surface area contributed by atoms with Crippen LogP contribution in [0.15, 0.2) is 42.5 Å². The minimum absolute atomic E-state index is 0.124. The van der Waals surface area contributed by atoms with Gasteiger partial charge in [0, 0.05) is 23.7 Å². The Kier molecular flexibility index (Phi) is 3.80. The molecule has 98 valence electrons. The van der Waals surface area contributed by atoms with Crippen molar-refractivity contribution in [1.29, 1.82) is 0 Å². The number of carbonyl (C=O) groups excluding carboxylic acids is 1. The fourth-order valence-electron chi connectivity index (χ4n) is 1.83. The van der Waals surface area contributed by atoms with E-state index in [0.29, 0.717) is 23.2 Å². The highest BCUT2D eigenvalue weighted by molar-refractivity contribution is 5.95. The Balaban J connectivity index is 2.40. The fourth-order valence-corrected chi connectivity index (χ4v) is 1.83. The van der Waals surface area contributed by atoms with E-state index < -0.39 is 5.82 Å². The Hall–Kier alpha value is -2.36. The van der Waals surface area contributed by atoms with Crippen LogP contribution < -0.4 is 5.32 Å². The van der Waals surface area contributed by atoms with E-state index in [-0.39, 0.29) is 11.7 Å². The van der Waals surface area contributed by atoms with Gasteiger partial charge in [-0.1, -0.05) is 12.1 Å². The predicted octanol–water partition coefficient (Wildman–Crippen LogP) is 2.95. The summed E-state index contributed by atoms with van der Waals surface area (Å²) in [5.41, 5.74) is 1.43. The highest BCUT2D eigenvalue weighted by atomic mass is 19.1. The fraction of sp³-hybridized carbons (Fsp3) is 0.133. The van der Waals surface area contributed by atoms with E-state index in [2.05, 4.69) is 5.32 Å². The Morgan fingerprint density at radius 3 is 2.74 bits per heavy atom. The third kappa shape index (κ3) is 2.91. The van der Waals surface area contributed by atoms with Crippen LogP contribution in [0.4, 0.5) is 4.39 Å². The number of aromatic hydroxyl groups is 1. The lowest BCUT2D eigenvalue weighted by Crippen LogP contribution is -2.22. The second-order valence-electron chi connectivity index (χ2n) is 4.10. The second-order valence-corrected chi connectivity index (χ2v) is 4.10. The number of carbonyl (C=O) groups is 1. The van der Waals surface area contributed by atoms with Crippen molar-refractivity contribution >= 4 is 5.91 Å². The number of rotatable bonds is 3. The molecule has 19 heavy (non-hydrogen) atoms. The molecule has 2 rings (SSSR count). The van der Waals surface area contributed by atoms with Gasteiger partial charge in [-0.3, -0.25) is 4.79 Å². The molecule has 0 heterocycles. The number of amides is 1. The van der Waals surface area contributed by atoms with Gasteiger partial charge in [0.2, 0.25) is 0 Å². The molecule has 1 amide bonds. The third-order valence-electron chi connectivity index (χ3n) is 2.73. The molecule has 0 saturated heterocycles. The van der Waals surface area contributed by atoms with Gasteiger partial charge in [0.25, 0.3) is 5.91 Å². The zero-order chi connectivity index (χ0) is 13.8. The van der Waals surface area contributed by atoms with Gasteiger partial charge in [0.05, 0.1) is 0 Å². The van der Waals surface area contributed by atoms with Gasteiger partial charge in [-0.2, -0.15) is 0 Å². The maximum atomic E-state index is 13.8. The molecule has 2 aromatic carbocycles. The van der Waals surface area contributed by atoms with Crippen LogP contribution in [0.25, 0.3) is 11.1 Å². The van der Waals surface area contributed by atoms with Crippen molar-refractivity contribution in [3.05, 3.63) is 53.8 Å². The zero-order valence-electron chi connectivity index (χ0n) is 10.5. The smallest absolute Gasteiger partial charge is 0.251 e. The van der Waals surface area contributed by atoms with Crippen LogP contribution >= 0.6 is 0 Å². The first-order chi connectivity index (χ1) is 9.11. The highest BCUT2D eigenvalue weighted by Gasteiger charge is 2.09. The van der Waals surface area contributed by atoms with Crippen molar-refractivity contribution in [1.82, 2.24) is 5.32 Å². The van der Waals surface area contributed by atoms with Crippen LogP contribution in [0.3, 0.4) is 0 Å². The molecular formula is C15H14FNO2. The van der Waals surface area contributed by atoms with Crippen molar-refractivity contribution in [3.8, 4) is 16.9 Å². The van der Waals surface area contributed by atoms with Crippen molar-refractivity contribution < 1.29 is 14.3 Å². The summed E-state index contributed by atoms with van der Waals surface area (Å²) in [4.78, 5) is 11.7. The standard InChI is InChI=1S/C15H14FNO2/c1-2-17-15(19)11-5-3-4-10(8-11)13-7-6-12(18)9-14(13)16/h3-9,18H,2H2,1H3,(H,17,19). The zero-order valence-corrected chi connectivity index (χ0v) is 10.5. The van der Waals surface area contributed by atoms with Crippen LogP contribution in [0.5, 0.6) is 5.75 Å². The Morgan fingerprint density at radius 2 is 2.05 bits per heavy atom. The summed E-state index contributed by atoms with van der Waals surface area (Å²) >= 11 is 0. The van der Waals surface area contributed by atoms with Gasteiger partial charge in [0.1, 0.15) is 11.6 Å². The molecule has 0 aromatic heterocycles. The van der Waals surface area contributed by atoms with Crippen LogP contribution in [0, 0.1) is 5.82 Å². The van der Waals surface area contributed by atoms with E-state index in [4.69, 9.17) is 0 Å². The first kappa shape index (κ1) is 13.1. The number of halogens is 1. The molecule has 0 fully saturated rings. The molecule has 4 heteroatoms. The largest absolute Gasteiger partial charge is 0.508 e. The van der Waals surface area contributed by atoms with Gasteiger partial charge in [-0.05, 0) is 36.8 Å². The van der Waals surface area contributed by atoms with Gasteiger partial charge >= 0.3 is 0 Å².